The molecule has 0 radical (unpaired) electrons. The molecule has 3 rings (SSSR count). The van der Waals surface area contributed by atoms with Gasteiger partial charge in [0.15, 0.2) is 0 Å². The highest BCUT2D eigenvalue weighted by atomic mass is 32.2. The topological polar surface area (TPSA) is 84.5 Å². The predicted molar refractivity (Wildman–Crippen MR) is 107 cm³/mol. The molecule has 0 fully saturated rings. The highest BCUT2D eigenvalue weighted by molar-refractivity contribution is 7.94. The number of carbonyl (C=O) groups is 1. The number of hydrogen-bond donors (Lipinski definition) is 2. The maximum absolute atomic E-state index is 12.4. The smallest absolute Gasteiger partial charge is 0.271 e. The lowest BCUT2D eigenvalue weighted by Crippen LogP contribution is -2.14. The van der Waals surface area contributed by atoms with Crippen molar-refractivity contribution in [2.45, 2.75) is 11.1 Å². The molecule has 0 aliphatic heterocycles. The minimum absolute atomic E-state index is 0.248. The van der Waals surface area contributed by atoms with Crippen molar-refractivity contribution in [1.82, 2.24) is 0 Å². The molecule has 0 atom stereocenters. The van der Waals surface area contributed by atoms with Crippen LogP contribution in [0.4, 0.5) is 11.4 Å². The highest BCUT2D eigenvalue weighted by Gasteiger charge is 2.16. The van der Waals surface area contributed by atoms with E-state index in [1.807, 2.05) is 13.0 Å². The van der Waals surface area contributed by atoms with Crippen molar-refractivity contribution in [3.63, 3.8) is 0 Å². The third-order valence-corrected chi connectivity index (χ3v) is 6.61. The Morgan fingerprint density at radius 3 is 2.33 bits per heavy atom. The van der Waals surface area contributed by atoms with Crippen molar-refractivity contribution in [2.24, 2.45) is 0 Å². The molecule has 3 aromatic rings. The van der Waals surface area contributed by atoms with Crippen molar-refractivity contribution in [3.05, 3.63) is 71.1 Å². The average Bonchev–Trinajstić information content (AvgIpc) is 3.10. The van der Waals surface area contributed by atoms with Crippen LogP contribution < -0.4 is 14.8 Å². The van der Waals surface area contributed by atoms with Crippen molar-refractivity contribution in [2.75, 3.05) is 17.1 Å². The van der Waals surface area contributed by atoms with Gasteiger partial charge in [-0.1, -0.05) is 12.1 Å². The van der Waals surface area contributed by atoms with Crippen LogP contribution in [-0.2, 0) is 10.0 Å². The monoisotopic (exact) mass is 402 g/mol. The Kier molecular flexibility index (Phi) is 5.48. The summed E-state index contributed by atoms with van der Waals surface area (Å²) in [4.78, 5) is 13.3. The molecular weight excluding hydrogens is 384 g/mol. The van der Waals surface area contributed by atoms with E-state index >= 15 is 0 Å². The van der Waals surface area contributed by atoms with Gasteiger partial charge in [-0.25, -0.2) is 8.42 Å². The summed E-state index contributed by atoms with van der Waals surface area (Å²) in [6.45, 7) is 1.85. The van der Waals surface area contributed by atoms with Crippen LogP contribution in [0.15, 0.2) is 64.9 Å². The molecule has 1 heterocycles. The lowest BCUT2D eigenvalue weighted by Gasteiger charge is -2.10. The van der Waals surface area contributed by atoms with Gasteiger partial charge in [-0.3, -0.25) is 9.52 Å². The molecule has 140 valence electrons. The Balaban J connectivity index is 1.72. The third kappa shape index (κ3) is 4.47. The molecule has 27 heavy (non-hydrogen) atoms. The molecule has 6 nitrogen and oxygen atoms in total. The van der Waals surface area contributed by atoms with E-state index in [9.17, 15) is 13.2 Å². The van der Waals surface area contributed by atoms with Gasteiger partial charge >= 0.3 is 0 Å². The molecule has 1 amide bonds. The van der Waals surface area contributed by atoms with E-state index in [1.54, 1.807) is 54.6 Å². The van der Waals surface area contributed by atoms with E-state index in [4.69, 9.17) is 4.74 Å². The Hall–Kier alpha value is -2.84. The highest BCUT2D eigenvalue weighted by Crippen LogP contribution is 2.25. The number of thiophene rings is 1. The van der Waals surface area contributed by atoms with E-state index in [0.717, 1.165) is 4.88 Å². The molecule has 2 aromatic carbocycles. The molecule has 0 aliphatic carbocycles. The van der Waals surface area contributed by atoms with Gasteiger partial charge in [-0.2, -0.15) is 0 Å². The number of hydrogen-bond acceptors (Lipinski definition) is 5. The lowest BCUT2D eigenvalue weighted by molar-refractivity contribution is 0.102. The fourth-order valence-electron chi connectivity index (χ4n) is 2.39. The minimum atomic E-state index is -3.63. The Morgan fingerprint density at radius 1 is 1.00 bits per heavy atom. The second-order valence-electron chi connectivity index (χ2n) is 5.70. The van der Waals surface area contributed by atoms with Gasteiger partial charge in [0.25, 0.3) is 15.9 Å². The first-order chi connectivity index (χ1) is 12.9. The standard InChI is InChI=1S/C19H18N2O4S2/c1-13-7-12-18(26-13)27(23,24)21-15-10-8-14(9-11-15)19(22)20-16-5-3-4-6-17(16)25-2/h3-12,21H,1-2H3,(H,20,22). The summed E-state index contributed by atoms with van der Waals surface area (Å²) in [5, 5.41) is 2.77. The number of aryl methyl sites for hydroxylation is 1. The molecule has 0 spiro atoms. The van der Waals surface area contributed by atoms with E-state index in [-0.39, 0.29) is 10.1 Å². The number of sulfonamides is 1. The fraction of sp³-hybridized carbons (Fsp3) is 0.105. The van der Waals surface area contributed by atoms with Gasteiger partial charge in [0.05, 0.1) is 12.8 Å². The van der Waals surface area contributed by atoms with Gasteiger partial charge in [-0.05, 0) is 55.5 Å². The second-order valence-corrected chi connectivity index (χ2v) is 8.90. The number of methoxy groups -OCH3 is 1. The Labute approximate surface area is 161 Å². The van der Waals surface area contributed by atoms with Crippen LogP contribution in [0.2, 0.25) is 0 Å². The second kappa shape index (κ2) is 7.81. The van der Waals surface area contributed by atoms with Crippen molar-refractivity contribution < 1.29 is 17.9 Å². The molecular formula is C19H18N2O4S2. The first-order valence-corrected chi connectivity index (χ1v) is 10.3. The van der Waals surface area contributed by atoms with Gasteiger partial charge in [0.2, 0.25) is 0 Å². The average molecular weight is 402 g/mol. The number of carbonyl (C=O) groups excluding carboxylic acids is 1. The molecule has 0 saturated heterocycles. The number of amides is 1. The van der Waals surface area contributed by atoms with Crippen molar-refractivity contribution >= 4 is 38.6 Å². The summed E-state index contributed by atoms with van der Waals surface area (Å²) in [7, 11) is -2.10. The van der Waals surface area contributed by atoms with E-state index in [0.29, 0.717) is 22.7 Å². The number of rotatable bonds is 6. The zero-order chi connectivity index (χ0) is 19.4. The summed E-state index contributed by atoms with van der Waals surface area (Å²) in [6, 6.07) is 16.6. The number of anilines is 2. The van der Waals surface area contributed by atoms with Crippen LogP contribution in [0.3, 0.4) is 0 Å². The van der Waals surface area contributed by atoms with E-state index in [1.165, 1.54) is 18.4 Å². The zero-order valence-corrected chi connectivity index (χ0v) is 16.4. The van der Waals surface area contributed by atoms with Gasteiger partial charge < -0.3 is 10.1 Å². The van der Waals surface area contributed by atoms with Crippen LogP contribution in [0.25, 0.3) is 0 Å². The minimum Gasteiger partial charge on any atom is -0.495 e. The molecule has 0 unspecified atom stereocenters. The molecule has 0 saturated carbocycles. The zero-order valence-electron chi connectivity index (χ0n) is 14.7. The maximum atomic E-state index is 12.4. The van der Waals surface area contributed by atoms with Crippen LogP contribution in [0, 0.1) is 6.92 Å². The van der Waals surface area contributed by atoms with E-state index in [2.05, 4.69) is 10.0 Å². The fourth-order valence-corrected chi connectivity index (χ4v) is 4.74. The summed E-state index contributed by atoms with van der Waals surface area (Å²) >= 11 is 1.20. The normalized spacial score (nSPS) is 11.0. The van der Waals surface area contributed by atoms with E-state index < -0.39 is 10.0 Å². The largest absolute Gasteiger partial charge is 0.495 e. The molecule has 0 bridgehead atoms. The van der Waals surface area contributed by atoms with Gasteiger partial charge in [0.1, 0.15) is 9.96 Å². The Morgan fingerprint density at radius 2 is 1.70 bits per heavy atom. The van der Waals surface area contributed by atoms with Crippen molar-refractivity contribution in [3.8, 4) is 5.75 Å². The Bertz CT molecular complexity index is 1060. The lowest BCUT2D eigenvalue weighted by atomic mass is 10.2. The quantitative estimate of drug-likeness (QED) is 0.650. The van der Waals surface area contributed by atoms with Crippen LogP contribution >= 0.6 is 11.3 Å². The number of para-hydroxylation sites is 2. The molecule has 2 N–H and O–H groups in total. The van der Waals surface area contributed by atoms with Gasteiger partial charge in [0, 0.05) is 16.1 Å². The number of nitrogens with one attached hydrogen (secondary N) is 2. The number of ether oxygens (including phenoxy) is 1. The third-order valence-electron chi connectivity index (χ3n) is 3.74. The summed E-state index contributed by atoms with van der Waals surface area (Å²) < 4.78 is 32.7. The summed E-state index contributed by atoms with van der Waals surface area (Å²) in [5.41, 5.74) is 1.34. The SMILES string of the molecule is COc1ccccc1NC(=O)c1ccc(NS(=O)(=O)c2ccc(C)s2)cc1. The summed E-state index contributed by atoms with van der Waals surface area (Å²) in [6.07, 6.45) is 0. The maximum Gasteiger partial charge on any atom is 0.271 e. The van der Waals surface area contributed by atoms with Gasteiger partial charge in [-0.15, -0.1) is 11.3 Å². The van der Waals surface area contributed by atoms with Crippen LogP contribution in [-0.4, -0.2) is 21.4 Å². The van der Waals surface area contributed by atoms with Crippen LogP contribution in [0.5, 0.6) is 5.75 Å². The molecule has 1 aromatic heterocycles. The van der Waals surface area contributed by atoms with Crippen molar-refractivity contribution in [1.29, 1.82) is 0 Å². The van der Waals surface area contributed by atoms with Crippen LogP contribution in [0.1, 0.15) is 15.2 Å². The molecule has 8 heteroatoms. The molecule has 0 aliphatic rings. The first-order valence-electron chi connectivity index (χ1n) is 8.03. The predicted octanol–water partition coefficient (Wildman–Crippen LogP) is 4.12. The first kappa shape index (κ1) is 18.9. The number of benzene rings is 2. The summed E-state index contributed by atoms with van der Waals surface area (Å²) in [5.74, 6) is 0.240.